The van der Waals surface area contributed by atoms with E-state index in [0.29, 0.717) is 5.82 Å². The van der Waals surface area contributed by atoms with Gasteiger partial charge in [0.25, 0.3) is 11.8 Å². The summed E-state index contributed by atoms with van der Waals surface area (Å²) in [5.74, 6) is 0.136. The summed E-state index contributed by atoms with van der Waals surface area (Å²) in [5.41, 5.74) is 1.22. The van der Waals surface area contributed by atoms with Crippen LogP contribution in [0.3, 0.4) is 0 Å². The number of aliphatic hydroxyl groups excluding tert-OH is 1. The first-order chi connectivity index (χ1) is 14.1. The van der Waals surface area contributed by atoms with Crippen LogP contribution in [0.2, 0.25) is 0 Å². The van der Waals surface area contributed by atoms with Crippen molar-refractivity contribution in [2.75, 3.05) is 0 Å². The van der Waals surface area contributed by atoms with Crippen molar-refractivity contribution >= 4 is 11.6 Å². The number of hydrogen-bond acceptors (Lipinski definition) is 6. The Morgan fingerprint density at radius 2 is 1.79 bits per heavy atom. The van der Waals surface area contributed by atoms with Crippen molar-refractivity contribution in [3.63, 3.8) is 0 Å². The molecule has 1 unspecified atom stereocenters. The van der Waals surface area contributed by atoms with Gasteiger partial charge in [0.15, 0.2) is 0 Å². The summed E-state index contributed by atoms with van der Waals surface area (Å²) in [6.07, 6.45) is 2.97. The zero-order valence-electron chi connectivity index (χ0n) is 15.6. The van der Waals surface area contributed by atoms with E-state index in [1.807, 2.05) is 60.7 Å². The molecule has 1 aromatic heterocycles. The molecule has 0 radical (unpaired) electrons. The standard InChI is InChI=1S/C22H20N4O3/c23-17(13-18(27)14-11-12-14)21(28)24-19(15-7-3-1-4-8-15)22-25-20(26-29-22)16-9-5-2-6-10-16/h1-10,13-14,19,23,27H,11-12H2,(H,24,28)/b18-13-,23-17?. The Balaban J connectivity index is 1.59. The van der Waals surface area contributed by atoms with Crippen LogP contribution >= 0.6 is 0 Å². The zero-order valence-corrected chi connectivity index (χ0v) is 15.6. The molecule has 1 atom stereocenters. The summed E-state index contributed by atoms with van der Waals surface area (Å²) in [5, 5.41) is 24.7. The third kappa shape index (κ3) is 4.40. The fourth-order valence-corrected chi connectivity index (χ4v) is 2.91. The molecule has 4 rings (SSSR count). The molecular weight excluding hydrogens is 368 g/mol. The van der Waals surface area contributed by atoms with Gasteiger partial charge in [0.1, 0.15) is 11.8 Å². The number of hydrogen-bond donors (Lipinski definition) is 3. The van der Waals surface area contributed by atoms with Gasteiger partial charge in [-0.2, -0.15) is 4.98 Å². The lowest BCUT2D eigenvalue weighted by Gasteiger charge is -2.15. The van der Waals surface area contributed by atoms with Gasteiger partial charge in [-0.25, -0.2) is 0 Å². The number of aromatic nitrogens is 2. The first kappa shape index (κ1) is 18.6. The smallest absolute Gasteiger partial charge is 0.270 e. The number of nitrogens with one attached hydrogen (secondary N) is 2. The van der Waals surface area contributed by atoms with Crippen LogP contribution in [0.5, 0.6) is 0 Å². The lowest BCUT2D eigenvalue weighted by atomic mass is 10.1. The van der Waals surface area contributed by atoms with Gasteiger partial charge in [-0.15, -0.1) is 0 Å². The van der Waals surface area contributed by atoms with Crippen molar-refractivity contribution in [2.45, 2.75) is 18.9 Å². The van der Waals surface area contributed by atoms with E-state index in [2.05, 4.69) is 15.5 Å². The van der Waals surface area contributed by atoms with Gasteiger partial charge in [0.2, 0.25) is 5.82 Å². The van der Waals surface area contributed by atoms with E-state index in [9.17, 15) is 9.90 Å². The maximum Gasteiger partial charge on any atom is 0.270 e. The van der Waals surface area contributed by atoms with E-state index in [4.69, 9.17) is 9.93 Å². The molecular formula is C22H20N4O3. The average molecular weight is 388 g/mol. The quantitative estimate of drug-likeness (QED) is 0.421. The van der Waals surface area contributed by atoms with Crippen LogP contribution < -0.4 is 5.32 Å². The summed E-state index contributed by atoms with van der Waals surface area (Å²) in [4.78, 5) is 17.0. The first-order valence-corrected chi connectivity index (χ1v) is 9.36. The maximum atomic E-state index is 12.6. The van der Waals surface area contributed by atoms with E-state index in [0.717, 1.165) is 24.0 Å². The van der Waals surface area contributed by atoms with Crippen LogP contribution in [0.1, 0.15) is 30.3 Å². The number of allylic oxidation sites excluding steroid dienone is 1. The predicted molar refractivity (Wildman–Crippen MR) is 107 cm³/mol. The molecule has 1 aliphatic carbocycles. The minimum Gasteiger partial charge on any atom is -0.512 e. The molecule has 3 N–H and O–H groups in total. The summed E-state index contributed by atoms with van der Waals surface area (Å²) in [7, 11) is 0. The second-order valence-corrected chi connectivity index (χ2v) is 6.90. The Morgan fingerprint density at radius 3 is 2.45 bits per heavy atom. The number of rotatable bonds is 7. The third-order valence-corrected chi connectivity index (χ3v) is 4.66. The maximum absolute atomic E-state index is 12.6. The minimum atomic E-state index is -0.717. The Hall–Kier alpha value is -3.74. The Labute approximate surface area is 167 Å². The molecule has 7 nitrogen and oxygen atoms in total. The number of nitrogens with zero attached hydrogens (tertiary/aromatic N) is 2. The van der Waals surface area contributed by atoms with Crippen molar-refractivity contribution in [1.82, 2.24) is 15.5 Å². The van der Waals surface area contributed by atoms with Crippen LogP contribution in [0.4, 0.5) is 0 Å². The Bertz CT molecular complexity index is 1040. The minimum absolute atomic E-state index is 0.0671. The van der Waals surface area contributed by atoms with Crippen LogP contribution in [-0.4, -0.2) is 26.9 Å². The van der Waals surface area contributed by atoms with Crippen molar-refractivity contribution in [1.29, 1.82) is 5.41 Å². The predicted octanol–water partition coefficient (Wildman–Crippen LogP) is 3.81. The van der Waals surface area contributed by atoms with Crippen molar-refractivity contribution in [3.05, 3.63) is 84.0 Å². The van der Waals surface area contributed by atoms with E-state index >= 15 is 0 Å². The van der Waals surface area contributed by atoms with Gasteiger partial charge in [-0.3, -0.25) is 10.2 Å². The fourth-order valence-electron chi connectivity index (χ4n) is 2.91. The molecule has 146 valence electrons. The summed E-state index contributed by atoms with van der Waals surface area (Å²) >= 11 is 0. The van der Waals surface area contributed by atoms with Gasteiger partial charge >= 0.3 is 0 Å². The lowest BCUT2D eigenvalue weighted by molar-refractivity contribution is -0.115. The number of carbonyl (C=O) groups is 1. The highest BCUT2D eigenvalue weighted by molar-refractivity contribution is 6.42. The van der Waals surface area contributed by atoms with Gasteiger partial charge in [-0.05, 0) is 18.4 Å². The number of amides is 1. The molecule has 0 bridgehead atoms. The number of benzene rings is 2. The van der Waals surface area contributed by atoms with Crippen molar-refractivity contribution < 1.29 is 14.4 Å². The van der Waals surface area contributed by atoms with Gasteiger partial charge in [0.05, 0.1) is 5.76 Å². The number of aliphatic hydroxyl groups is 1. The van der Waals surface area contributed by atoms with Crippen LogP contribution in [0.15, 0.2) is 77.0 Å². The monoisotopic (exact) mass is 388 g/mol. The highest BCUT2D eigenvalue weighted by Crippen LogP contribution is 2.34. The van der Waals surface area contributed by atoms with Crippen molar-refractivity contribution in [3.8, 4) is 11.4 Å². The van der Waals surface area contributed by atoms with Crippen molar-refractivity contribution in [2.24, 2.45) is 5.92 Å². The van der Waals surface area contributed by atoms with Crippen LogP contribution in [-0.2, 0) is 4.79 Å². The third-order valence-electron chi connectivity index (χ3n) is 4.66. The highest BCUT2D eigenvalue weighted by atomic mass is 16.5. The largest absolute Gasteiger partial charge is 0.512 e. The normalized spacial score (nSPS) is 15.0. The van der Waals surface area contributed by atoms with Gasteiger partial charge in [-0.1, -0.05) is 65.8 Å². The second-order valence-electron chi connectivity index (χ2n) is 6.90. The van der Waals surface area contributed by atoms with E-state index in [-0.39, 0.29) is 23.3 Å². The molecule has 1 saturated carbocycles. The molecule has 1 amide bonds. The SMILES string of the molecule is N=C(/C=C(\O)C1CC1)C(=O)NC(c1ccccc1)c1nc(-c2ccccc2)no1. The van der Waals surface area contributed by atoms with Crippen LogP contribution in [0, 0.1) is 11.3 Å². The van der Waals surface area contributed by atoms with E-state index in [1.165, 1.54) is 6.08 Å². The summed E-state index contributed by atoms with van der Waals surface area (Å²) in [6.45, 7) is 0. The molecule has 29 heavy (non-hydrogen) atoms. The Morgan fingerprint density at radius 1 is 1.14 bits per heavy atom. The van der Waals surface area contributed by atoms with Gasteiger partial charge < -0.3 is 14.9 Å². The molecule has 0 aliphatic heterocycles. The van der Waals surface area contributed by atoms with E-state index in [1.54, 1.807) is 0 Å². The molecule has 3 aromatic rings. The molecule has 0 saturated heterocycles. The molecule has 1 aliphatic rings. The molecule has 1 fully saturated rings. The molecule has 7 heteroatoms. The Kier molecular flexibility index (Phi) is 5.20. The summed E-state index contributed by atoms with van der Waals surface area (Å²) in [6, 6.07) is 17.9. The van der Waals surface area contributed by atoms with Crippen LogP contribution in [0.25, 0.3) is 11.4 Å². The summed E-state index contributed by atoms with van der Waals surface area (Å²) < 4.78 is 5.43. The van der Waals surface area contributed by atoms with E-state index < -0.39 is 11.9 Å². The number of carbonyl (C=O) groups excluding carboxylic acids is 1. The average Bonchev–Trinajstić information content (AvgIpc) is 3.50. The topological polar surface area (TPSA) is 112 Å². The molecule has 0 spiro atoms. The molecule has 1 heterocycles. The first-order valence-electron chi connectivity index (χ1n) is 9.36. The van der Waals surface area contributed by atoms with Gasteiger partial charge in [0, 0.05) is 17.6 Å². The molecule has 2 aromatic carbocycles. The fraction of sp³-hybridized carbons (Fsp3) is 0.182. The second kappa shape index (κ2) is 8.10. The zero-order chi connectivity index (χ0) is 20.2. The highest BCUT2D eigenvalue weighted by Gasteiger charge is 2.28. The lowest BCUT2D eigenvalue weighted by Crippen LogP contribution is -2.34.